The third-order valence-corrected chi connectivity index (χ3v) is 4.67. The van der Waals surface area contributed by atoms with Gasteiger partial charge in [-0.1, -0.05) is 0 Å². The number of carbonyl (C=O) groups is 1. The lowest BCUT2D eigenvalue weighted by Gasteiger charge is -2.34. The summed E-state index contributed by atoms with van der Waals surface area (Å²) in [5.74, 6) is 0.0862. The highest BCUT2D eigenvalue weighted by Gasteiger charge is 2.24. The lowest BCUT2D eigenvalue weighted by Crippen LogP contribution is -2.39. The van der Waals surface area contributed by atoms with Crippen molar-refractivity contribution in [3.63, 3.8) is 0 Å². The summed E-state index contributed by atoms with van der Waals surface area (Å²) >= 11 is 1.43. The van der Waals surface area contributed by atoms with E-state index in [1.807, 2.05) is 18.4 Å². The van der Waals surface area contributed by atoms with Gasteiger partial charge in [0.2, 0.25) is 0 Å². The van der Waals surface area contributed by atoms with E-state index in [2.05, 4.69) is 4.90 Å². The Kier molecular flexibility index (Phi) is 4.96. The van der Waals surface area contributed by atoms with Crippen LogP contribution >= 0.6 is 11.3 Å². The fraction of sp³-hybridized carbons (Fsp3) is 0.643. The van der Waals surface area contributed by atoms with Crippen LogP contribution in [0.4, 0.5) is 0 Å². The normalized spacial score (nSPS) is 22.2. The largest absolute Gasteiger partial charge is 0.465 e. The SMILES string of the molecule is COC(=O)c1sccc1CN1CCCC(C(C)O)C1. The molecule has 1 N–H and O–H groups in total. The van der Waals surface area contributed by atoms with E-state index >= 15 is 0 Å². The molecule has 1 aromatic heterocycles. The molecular formula is C14H21NO3S. The number of hydrogen-bond donors (Lipinski definition) is 1. The maximum atomic E-state index is 11.6. The molecule has 0 spiro atoms. The predicted octanol–water partition coefficient (Wildman–Crippen LogP) is 2.13. The van der Waals surface area contributed by atoms with Crippen LogP contribution in [-0.4, -0.2) is 42.3 Å². The Hall–Kier alpha value is -0.910. The average Bonchev–Trinajstić information content (AvgIpc) is 2.86. The van der Waals surface area contributed by atoms with Crippen LogP contribution in [0.15, 0.2) is 11.4 Å². The number of esters is 1. The Morgan fingerprint density at radius 3 is 3.16 bits per heavy atom. The molecule has 106 valence electrons. The van der Waals surface area contributed by atoms with Gasteiger partial charge in [-0.2, -0.15) is 0 Å². The third-order valence-electron chi connectivity index (χ3n) is 3.74. The monoisotopic (exact) mass is 283 g/mol. The van der Waals surface area contributed by atoms with Crippen molar-refractivity contribution < 1.29 is 14.6 Å². The molecule has 1 fully saturated rings. The third kappa shape index (κ3) is 3.55. The van der Waals surface area contributed by atoms with Gasteiger partial charge in [0, 0.05) is 13.1 Å². The number of rotatable bonds is 4. The molecule has 0 bridgehead atoms. The zero-order valence-corrected chi connectivity index (χ0v) is 12.3. The van der Waals surface area contributed by atoms with E-state index in [1.54, 1.807) is 0 Å². The van der Waals surface area contributed by atoms with Gasteiger partial charge in [-0.05, 0) is 49.2 Å². The first-order chi connectivity index (χ1) is 9.11. The van der Waals surface area contributed by atoms with Gasteiger partial charge >= 0.3 is 5.97 Å². The molecule has 1 aromatic rings. The van der Waals surface area contributed by atoms with E-state index in [4.69, 9.17) is 4.74 Å². The Morgan fingerprint density at radius 1 is 1.68 bits per heavy atom. The molecule has 5 heteroatoms. The van der Waals surface area contributed by atoms with E-state index in [9.17, 15) is 9.90 Å². The number of likely N-dealkylation sites (tertiary alicyclic amines) is 1. The number of ether oxygens (including phenoxy) is 1. The van der Waals surface area contributed by atoms with Gasteiger partial charge in [-0.25, -0.2) is 4.79 Å². The second kappa shape index (κ2) is 6.50. The molecule has 1 aliphatic rings. The van der Waals surface area contributed by atoms with Gasteiger partial charge in [0.05, 0.1) is 13.2 Å². The van der Waals surface area contributed by atoms with Gasteiger partial charge in [-0.15, -0.1) is 11.3 Å². The van der Waals surface area contributed by atoms with Crippen molar-refractivity contribution in [2.24, 2.45) is 5.92 Å². The Morgan fingerprint density at radius 2 is 2.47 bits per heavy atom. The number of piperidine rings is 1. The molecule has 0 aliphatic carbocycles. The maximum Gasteiger partial charge on any atom is 0.348 e. The molecule has 19 heavy (non-hydrogen) atoms. The van der Waals surface area contributed by atoms with E-state index < -0.39 is 0 Å². The summed E-state index contributed by atoms with van der Waals surface area (Å²) in [6.07, 6.45) is 1.93. The highest BCUT2D eigenvalue weighted by Crippen LogP contribution is 2.24. The summed E-state index contributed by atoms with van der Waals surface area (Å²) in [7, 11) is 1.41. The first kappa shape index (κ1) is 14.5. The van der Waals surface area contributed by atoms with Crippen molar-refractivity contribution in [1.29, 1.82) is 0 Å². The summed E-state index contributed by atoms with van der Waals surface area (Å²) in [4.78, 5) is 14.7. The highest BCUT2D eigenvalue weighted by molar-refractivity contribution is 7.12. The number of methoxy groups -OCH3 is 1. The van der Waals surface area contributed by atoms with Crippen LogP contribution in [0.25, 0.3) is 0 Å². The van der Waals surface area contributed by atoms with Crippen molar-refractivity contribution in [2.45, 2.75) is 32.4 Å². The van der Waals surface area contributed by atoms with Crippen LogP contribution in [0.2, 0.25) is 0 Å². The van der Waals surface area contributed by atoms with Crippen LogP contribution < -0.4 is 0 Å². The second-order valence-corrected chi connectivity index (χ2v) is 6.06. The Labute approximate surface area is 118 Å². The first-order valence-electron chi connectivity index (χ1n) is 6.67. The van der Waals surface area contributed by atoms with Crippen molar-refractivity contribution in [3.8, 4) is 0 Å². The number of nitrogens with zero attached hydrogens (tertiary/aromatic N) is 1. The van der Waals surface area contributed by atoms with Crippen molar-refractivity contribution in [3.05, 3.63) is 21.9 Å². The van der Waals surface area contributed by atoms with E-state index in [0.29, 0.717) is 10.8 Å². The number of aliphatic hydroxyl groups is 1. The molecule has 2 unspecified atom stereocenters. The minimum Gasteiger partial charge on any atom is -0.465 e. The van der Waals surface area contributed by atoms with Crippen molar-refractivity contribution in [2.75, 3.05) is 20.2 Å². The topological polar surface area (TPSA) is 49.8 Å². The number of aliphatic hydroxyl groups excluding tert-OH is 1. The maximum absolute atomic E-state index is 11.6. The summed E-state index contributed by atoms with van der Waals surface area (Å²) in [6.45, 7) is 4.55. The standard InChI is InChI=1S/C14H21NO3S/c1-10(16)11-4-3-6-15(8-11)9-12-5-7-19-13(12)14(17)18-2/h5,7,10-11,16H,3-4,6,8-9H2,1-2H3. The minimum atomic E-state index is -0.259. The van der Waals surface area contributed by atoms with Gasteiger partial charge in [0.25, 0.3) is 0 Å². The van der Waals surface area contributed by atoms with E-state index in [0.717, 1.165) is 38.0 Å². The van der Waals surface area contributed by atoms with Crippen LogP contribution in [0, 0.1) is 5.92 Å². The molecule has 2 rings (SSSR count). The lowest BCUT2D eigenvalue weighted by molar-refractivity contribution is 0.0569. The molecule has 0 amide bonds. The number of hydrogen-bond acceptors (Lipinski definition) is 5. The number of thiophene rings is 1. The van der Waals surface area contributed by atoms with Gasteiger partial charge in [-0.3, -0.25) is 4.90 Å². The number of carbonyl (C=O) groups excluding carboxylic acids is 1. The average molecular weight is 283 g/mol. The van der Waals surface area contributed by atoms with Crippen LogP contribution in [0.3, 0.4) is 0 Å². The van der Waals surface area contributed by atoms with Gasteiger partial charge in [0.15, 0.2) is 0 Å². The molecule has 2 atom stereocenters. The zero-order chi connectivity index (χ0) is 13.8. The molecule has 4 nitrogen and oxygen atoms in total. The molecular weight excluding hydrogens is 262 g/mol. The highest BCUT2D eigenvalue weighted by atomic mass is 32.1. The molecule has 0 aromatic carbocycles. The molecule has 0 saturated carbocycles. The Balaban J connectivity index is 2.01. The van der Waals surface area contributed by atoms with Crippen LogP contribution in [0.1, 0.15) is 35.0 Å². The zero-order valence-electron chi connectivity index (χ0n) is 11.5. The predicted molar refractivity (Wildman–Crippen MR) is 75.3 cm³/mol. The molecule has 2 heterocycles. The van der Waals surface area contributed by atoms with E-state index in [1.165, 1.54) is 18.4 Å². The summed E-state index contributed by atoms with van der Waals surface area (Å²) in [6, 6.07) is 1.99. The molecule has 0 radical (unpaired) electrons. The molecule has 1 saturated heterocycles. The summed E-state index contributed by atoms with van der Waals surface area (Å²) in [5, 5.41) is 11.6. The first-order valence-corrected chi connectivity index (χ1v) is 7.55. The summed E-state index contributed by atoms with van der Waals surface area (Å²) < 4.78 is 4.80. The summed E-state index contributed by atoms with van der Waals surface area (Å²) in [5.41, 5.74) is 1.03. The minimum absolute atomic E-state index is 0.255. The smallest absolute Gasteiger partial charge is 0.348 e. The van der Waals surface area contributed by atoms with Crippen LogP contribution in [-0.2, 0) is 11.3 Å². The second-order valence-electron chi connectivity index (χ2n) is 5.14. The van der Waals surface area contributed by atoms with Crippen molar-refractivity contribution >= 4 is 17.3 Å². The molecule has 1 aliphatic heterocycles. The Bertz CT molecular complexity index is 430. The quantitative estimate of drug-likeness (QED) is 0.860. The fourth-order valence-electron chi connectivity index (χ4n) is 2.60. The fourth-order valence-corrected chi connectivity index (χ4v) is 3.43. The van der Waals surface area contributed by atoms with Gasteiger partial charge in [0.1, 0.15) is 4.88 Å². The van der Waals surface area contributed by atoms with E-state index in [-0.39, 0.29) is 12.1 Å². The van der Waals surface area contributed by atoms with Gasteiger partial charge < -0.3 is 9.84 Å². The van der Waals surface area contributed by atoms with Crippen molar-refractivity contribution in [1.82, 2.24) is 4.90 Å². The van der Waals surface area contributed by atoms with Crippen LogP contribution in [0.5, 0.6) is 0 Å². The lowest BCUT2D eigenvalue weighted by atomic mass is 9.93.